The second-order valence-corrected chi connectivity index (χ2v) is 4.73. The van der Waals surface area contributed by atoms with Gasteiger partial charge in [0, 0.05) is 25.5 Å². The average Bonchev–Trinajstić information content (AvgIpc) is 2.57. The summed E-state index contributed by atoms with van der Waals surface area (Å²) in [5.74, 6) is 0.645. The van der Waals surface area contributed by atoms with Gasteiger partial charge < -0.3 is 19.5 Å². The summed E-state index contributed by atoms with van der Waals surface area (Å²) in [6.45, 7) is 2.59. The van der Waals surface area contributed by atoms with Gasteiger partial charge in [0.15, 0.2) is 0 Å². The standard InChI is InChI=1S/C15H16FN3O3/c16-11-1-3-12(4-2-11)22-15-14(18-5-6-19-15)21-10-13-9-17-7-8-20-13/h1-6,13,17H,7-10H2/t13-/m0/s1. The van der Waals surface area contributed by atoms with E-state index in [1.807, 2.05) is 0 Å². The molecule has 0 saturated carbocycles. The topological polar surface area (TPSA) is 65.5 Å². The highest BCUT2D eigenvalue weighted by molar-refractivity contribution is 5.32. The minimum atomic E-state index is -0.329. The summed E-state index contributed by atoms with van der Waals surface area (Å²) < 4.78 is 29.7. The first-order valence-electron chi connectivity index (χ1n) is 7.01. The molecule has 1 saturated heterocycles. The Morgan fingerprint density at radius 2 is 1.95 bits per heavy atom. The van der Waals surface area contributed by atoms with E-state index >= 15 is 0 Å². The van der Waals surface area contributed by atoms with E-state index in [1.54, 1.807) is 0 Å². The van der Waals surface area contributed by atoms with Gasteiger partial charge >= 0.3 is 0 Å². The first-order valence-corrected chi connectivity index (χ1v) is 7.01. The lowest BCUT2D eigenvalue weighted by Crippen LogP contribution is -2.41. The largest absolute Gasteiger partial charge is 0.471 e. The van der Waals surface area contributed by atoms with Crippen molar-refractivity contribution in [3.63, 3.8) is 0 Å². The first kappa shape index (κ1) is 14.7. The molecular formula is C15H16FN3O3. The summed E-state index contributed by atoms with van der Waals surface area (Å²) in [6, 6.07) is 5.66. The summed E-state index contributed by atoms with van der Waals surface area (Å²) in [5, 5.41) is 3.22. The van der Waals surface area contributed by atoms with Gasteiger partial charge in [-0.1, -0.05) is 0 Å². The molecule has 1 aliphatic rings. The quantitative estimate of drug-likeness (QED) is 0.908. The van der Waals surface area contributed by atoms with Crippen molar-refractivity contribution in [1.82, 2.24) is 15.3 Å². The fraction of sp³-hybridized carbons (Fsp3) is 0.333. The molecule has 1 N–H and O–H groups in total. The van der Waals surface area contributed by atoms with Crippen molar-refractivity contribution < 1.29 is 18.6 Å². The molecule has 0 amide bonds. The monoisotopic (exact) mass is 305 g/mol. The van der Waals surface area contributed by atoms with Gasteiger partial charge in [-0.3, -0.25) is 0 Å². The van der Waals surface area contributed by atoms with E-state index in [0.717, 1.165) is 13.1 Å². The Morgan fingerprint density at radius 3 is 2.68 bits per heavy atom. The van der Waals surface area contributed by atoms with Gasteiger partial charge in [-0.25, -0.2) is 14.4 Å². The molecule has 1 fully saturated rings. The SMILES string of the molecule is Fc1ccc(Oc2nccnc2OC[C@@H]2CNCCO2)cc1. The second kappa shape index (κ2) is 7.15. The van der Waals surface area contributed by atoms with Crippen LogP contribution in [0.5, 0.6) is 17.5 Å². The molecule has 0 radical (unpaired) electrons. The molecule has 1 aliphatic heterocycles. The maximum Gasteiger partial charge on any atom is 0.283 e. The van der Waals surface area contributed by atoms with E-state index in [1.165, 1.54) is 36.7 Å². The van der Waals surface area contributed by atoms with Gasteiger partial charge in [0.25, 0.3) is 11.8 Å². The lowest BCUT2D eigenvalue weighted by Gasteiger charge is -2.23. The Bertz CT molecular complexity index is 603. The van der Waals surface area contributed by atoms with Crippen LogP contribution in [-0.4, -0.2) is 42.4 Å². The Kier molecular flexibility index (Phi) is 4.77. The number of rotatable bonds is 5. The van der Waals surface area contributed by atoms with Crippen LogP contribution >= 0.6 is 0 Å². The van der Waals surface area contributed by atoms with Crippen LogP contribution in [0.15, 0.2) is 36.7 Å². The van der Waals surface area contributed by atoms with Crippen molar-refractivity contribution in [1.29, 1.82) is 0 Å². The molecule has 0 aliphatic carbocycles. The van der Waals surface area contributed by atoms with Gasteiger partial charge in [0.05, 0.1) is 6.61 Å². The first-order chi connectivity index (χ1) is 10.8. The number of ether oxygens (including phenoxy) is 3. The molecule has 2 heterocycles. The van der Waals surface area contributed by atoms with Crippen LogP contribution in [0, 0.1) is 5.82 Å². The zero-order chi connectivity index (χ0) is 15.2. The Balaban J connectivity index is 1.65. The second-order valence-electron chi connectivity index (χ2n) is 4.73. The molecule has 7 heteroatoms. The number of aromatic nitrogens is 2. The summed E-state index contributed by atoms with van der Waals surface area (Å²) >= 11 is 0. The number of halogens is 1. The highest BCUT2D eigenvalue weighted by Gasteiger charge is 2.16. The molecule has 0 unspecified atom stereocenters. The number of nitrogens with zero attached hydrogens (tertiary/aromatic N) is 2. The average molecular weight is 305 g/mol. The minimum absolute atomic E-state index is 0.0329. The minimum Gasteiger partial charge on any atom is -0.471 e. The molecule has 22 heavy (non-hydrogen) atoms. The lowest BCUT2D eigenvalue weighted by atomic mass is 10.3. The highest BCUT2D eigenvalue weighted by Crippen LogP contribution is 2.27. The molecule has 1 atom stereocenters. The molecule has 1 aromatic carbocycles. The maximum absolute atomic E-state index is 12.9. The normalized spacial score (nSPS) is 18.0. The lowest BCUT2D eigenvalue weighted by molar-refractivity contribution is -0.00129. The fourth-order valence-electron chi connectivity index (χ4n) is 1.99. The smallest absolute Gasteiger partial charge is 0.283 e. The van der Waals surface area contributed by atoms with Crippen molar-refractivity contribution >= 4 is 0 Å². The summed E-state index contributed by atoms with van der Waals surface area (Å²) in [6.07, 6.45) is 2.99. The fourth-order valence-corrected chi connectivity index (χ4v) is 1.99. The number of morpholine rings is 1. The van der Waals surface area contributed by atoms with Crippen LogP contribution in [0.2, 0.25) is 0 Å². The van der Waals surface area contributed by atoms with E-state index in [-0.39, 0.29) is 23.7 Å². The molecule has 0 spiro atoms. The van der Waals surface area contributed by atoms with Gasteiger partial charge in [-0.2, -0.15) is 0 Å². The van der Waals surface area contributed by atoms with Gasteiger partial charge in [-0.05, 0) is 24.3 Å². The Labute approximate surface area is 127 Å². The summed E-state index contributed by atoms with van der Waals surface area (Å²) in [5.41, 5.74) is 0. The van der Waals surface area contributed by atoms with Crippen molar-refractivity contribution in [3.05, 3.63) is 42.5 Å². The number of benzene rings is 1. The van der Waals surface area contributed by atoms with Crippen molar-refractivity contribution in [2.24, 2.45) is 0 Å². The van der Waals surface area contributed by atoms with Crippen molar-refractivity contribution in [3.8, 4) is 17.5 Å². The third kappa shape index (κ3) is 3.90. The zero-order valence-electron chi connectivity index (χ0n) is 11.9. The van der Waals surface area contributed by atoms with E-state index < -0.39 is 0 Å². The molecule has 3 rings (SSSR count). The van der Waals surface area contributed by atoms with Crippen LogP contribution in [0.4, 0.5) is 4.39 Å². The third-order valence-corrected chi connectivity index (χ3v) is 3.07. The highest BCUT2D eigenvalue weighted by atomic mass is 19.1. The van der Waals surface area contributed by atoms with E-state index in [4.69, 9.17) is 14.2 Å². The zero-order valence-corrected chi connectivity index (χ0v) is 11.9. The van der Waals surface area contributed by atoms with Gasteiger partial charge in [-0.15, -0.1) is 0 Å². The van der Waals surface area contributed by atoms with Gasteiger partial charge in [0.2, 0.25) is 0 Å². The van der Waals surface area contributed by atoms with Crippen molar-refractivity contribution in [2.75, 3.05) is 26.3 Å². The Hall–Kier alpha value is -2.25. The van der Waals surface area contributed by atoms with E-state index in [2.05, 4.69) is 15.3 Å². The Morgan fingerprint density at radius 1 is 1.18 bits per heavy atom. The number of hydrogen-bond donors (Lipinski definition) is 1. The predicted molar refractivity (Wildman–Crippen MR) is 76.6 cm³/mol. The summed E-state index contributed by atoms with van der Waals surface area (Å²) in [4.78, 5) is 8.22. The van der Waals surface area contributed by atoms with Crippen LogP contribution in [0.1, 0.15) is 0 Å². The molecular weight excluding hydrogens is 289 g/mol. The molecule has 6 nitrogen and oxygen atoms in total. The van der Waals surface area contributed by atoms with Crippen LogP contribution in [-0.2, 0) is 4.74 Å². The predicted octanol–water partition coefficient (Wildman–Crippen LogP) is 1.78. The van der Waals surface area contributed by atoms with E-state index in [0.29, 0.717) is 19.0 Å². The van der Waals surface area contributed by atoms with Crippen LogP contribution in [0.3, 0.4) is 0 Å². The van der Waals surface area contributed by atoms with Gasteiger partial charge in [0.1, 0.15) is 24.3 Å². The number of hydrogen-bond acceptors (Lipinski definition) is 6. The van der Waals surface area contributed by atoms with E-state index in [9.17, 15) is 4.39 Å². The number of nitrogens with one attached hydrogen (secondary N) is 1. The van der Waals surface area contributed by atoms with Crippen LogP contribution in [0.25, 0.3) is 0 Å². The molecule has 116 valence electrons. The van der Waals surface area contributed by atoms with Crippen molar-refractivity contribution in [2.45, 2.75) is 6.10 Å². The molecule has 1 aromatic heterocycles. The third-order valence-electron chi connectivity index (χ3n) is 3.07. The summed E-state index contributed by atoms with van der Waals surface area (Å²) in [7, 11) is 0. The molecule has 0 bridgehead atoms. The van der Waals surface area contributed by atoms with Crippen LogP contribution < -0.4 is 14.8 Å². The molecule has 2 aromatic rings. The maximum atomic E-state index is 12.9.